The Morgan fingerprint density at radius 3 is 1.95 bits per heavy atom. The van der Waals surface area contributed by atoms with E-state index in [2.05, 4.69) is 4.74 Å². The van der Waals surface area contributed by atoms with E-state index >= 15 is 0 Å². The Labute approximate surface area is 114 Å². The maximum Gasteiger partial charge on any atom is 0.460 e. The second-order valence-corrected chi connectivity index (χ2v) is 4.01. The zero-order valence-electron chi connectivity index (χ0n) is 10.9. The number of esters is 1. The van der Waals surface area contributed by atoms with Gasteiger partial charge in [-0.3, -0.25) is 4.79 Å². The average molecular weight is 327 g/mol. The molecule has 0 heterocycles. The van der Waals surface area contributed by atoms with Crippen LogP contribution in [-0.2, 0) is 14.3 Å². The highest BCUT2D eigenvalue weighted by Gasteiger charge is 2.76. The van der Waals surface area contributed by atoms with E-state index in [1.807, 2.05) is 0 Å². The number of carbonyl (C=O) groups is 2. The first-order valence-electron chi connectivity index (χ1n) is 5.59. The summed E-state index contributed by atoms with van der Waals surface area (Å²) in [7, 11) is 0. The lowest BCUT2D eigenvalue weighted by molar-refractivity contribution is -0.344. The van der Waals surface area contributed by atoms with Crippen molar-refractivity contribution in [3.05, 3.63) is 0 Å². The predicted octanol–water partition coefficient (Wildman–Crippen LogP) is 2.28. The van der Waals surface area contributed by atoms with Crippen LogP contribution in [0.15, 0.2) is 0 Å². The minimum Gasteiger partial charge on any atom is -0.464 e. The Hall–Kier alpha value is -1.55. The lowest BCUT2D eigenvalue weighted by atomic mass is 10.1. The number of amides is 1. The Morgan fingerprint density at radius 1 is 1.10 bits per heavy atom. The first-order valence-corrected chi connectivity index (χ1v) is 5.59. The van der Waals surface area contributed by atoms with Crippen LogP contribution >= 0.6 is 0 Å². The fraction of sp³-hybridized carbons (Fsp3) is 0.800. The molecule has 0 bridgehead atoms. The molecule has 0 fully saturated rings. The summed E-state index contributed by atoms with van der Waals surface area (Å²) in [5.41, 5.74) is 0. The molecule has 0 aromatic heterocycles. The van der Waals surface area contributed by atoms with Crippen molar-refractivity contribution < 1.29 is 45.1 Å². The minimum absolute atomic E-state index is 0.131. The van der Waals surface area contributed by atoms with E-state index in [9.17, 15) is 40.3 Å². The third-order valence-electron chi connectivity index (χ3n) is 2.19. The molecule has 11 heteroatoms. The molecule has 1 amide bonds. The van der Waals surface area contributed by atoms with Gasteiger partial charge in [0.2, 0.25) is 0 Å². The summed E-state index contributed by atoms with van der Waals surface area (Å²) in [6, 6.07) is -1.81. The Kier molecular flexibility index (Phi) is 6.00. The molecule has 0 spiro atoms. The van der Waals surface area contributed by atoms with Crippen molar-refractivity contribution >= 4 is 11.9 Å². The second-order valence-electron chi connectivity index (χ2n) is 4.01. The van der Waals surface area contributed by atoms with Gasteiger partial charge in [0.05, 0.1) is 6.61 Å². The SMILES string of the molecule is CCCOC(=O)C(C)NC(=O)C(F)(F)C(F)(F)C(F)(F)F. The molecule has 0 saturated carbocycles. The standard InChI is InChI=1S/C10H12F7NO3/c1-3-4-21-6(19)5(2)18-7(20)8(11,12)9(13,14)10(15,16)17/h5H,3-4H2,1-2H3,(H,18,20). The zero-order valence-corrected chi connectivity index (χ0v) is 10.9. The topological polar surface area (TPSA) is 55.4 Å². The molecule has 0 aliphatic rings. The highest BCUT2D eigenvalue weighted by molar-refractivity contribution is 5.89. The van der Waals surface area contributed by atoms with Crippen LogP contribution in [0, 0.1) is 0 Å². The number of hydrogen-bond donors (Lipinski definition) is 1. The highest BCUT2D eigenvalue weighted by Crippen LogP contribution is 2.46. The van der Waals surface area contributed by atoms with Gasteiger partial charge in [-0.25, -0.2) is 4.79 Å². The second kappa shape index (κ2) is 6.48. The van der Waals surface area contributed by atoms with Gasteiger partial charge >= 0.3 is 24.0 Å². The molecule has 4 nitrogen and oxygen atoms in total. The van der Waals surface area contributed by atoms with Crippen molar-refractivity contribution in [1.82, 2.24) is 5.32 Å². The molecule has 1 atom stereocenters. The van der Waals surface area contributed by atoms with E-state index in [4.69, 9.17) is 0 Å². The molecule has 0 aromatic carbocycles. The average Bonchev–Trinajstić information content (AvgIpc) is 2.33. The van der Waals surface area contributed by atoms with Crippen LogP contribution in [0.5, 0.6) is 0 Å². The van der Waals surface area contributed by atoms with Gasteiger partial charge in [0.1, 0.15) is 6.04 Å². The minimum atomic E-state index is -6.63. The van der Waals surface area contributed by atoms with Gasteiger partial charge in [0.15, 0.2) is 0 Å². The first-order chi connectivity index (χ1) is 9.29. The predicted molar refractivity (Wildman–Crippen MR) is 54.8 cm³/mol. The van der Waals surface area contributed by atoms with Crippen LogP contribution in [-0.4, -0.2) is 42.5 Å². The lowest BCUT2D eigenvalue weighted by Gasteiger charge is -2.27. The lowest BCUT2D eigenvalue weighted by Crippen LogP contribution is -2.61. The molecule has 0 aliphatic heterocycles. The Balaban J connectivity index is 4.97. The largest absolute Gasteiger partial charge is 0.464 e. The molecule has 0 radical (unpaired) electrons. The van der Waals surface area contributed by atoms with Crippen LogP contribution in [0.1, 0.15) is 20.3 Å². The van der Waals surface area contributed by atoms with Gasteiger partial charge in [0, 0.05) is 0 Å². The van der Waals surface area contributed by atoms with E-state index in [0.717, 1.165) is 12.2 Å². The Morgan fingerprint density at radius 2 is 1.57 bits per heavy atom. The third-order valence-corrected chi connectivity index (χ3v) is 2.19. The number of carbonyl (C=O) groups excluding carboxylic acids is 2. The molecule has 1 N–H and O–H groups in total. The van der Waals surface area contributed by atoms with Crippen molar-refractivity contribution in [3.63, 3.8) is 0 Å². The molecule has 0 saturated heterocycles. The van der Waals surface area contributed by atoms with E-state index in [1.54, 1.807) is 6.92 Å². The molecule has 1 unspecified atom stereocenters. The molecule has 0 aliphatic carbocycles. The van der Waals surface area contributed by atoms with Crippen molar-refractivity contribution in [2.24, 2.45) is 0 Å². The number of nitrogens with one attached hydrogen (secondary N) is 1. The van der Waals surface area contributed by atoms with Crippen LogP contribution in [0.4, 0.5) is 30.7 Å². The van der Waals surface area contributed by atoms with Gasteiger partial charge in [-0.2, -0.15) is 30.7 Å². The smallest absolute Gasteiger partial charge is 0.460 e. The molecular formula is C10H12F7NO3. The molecule has 124 valence electrons. The summed E-state index contributed by atoms with van der Waals surface area (Å²) >= 11 is 0. The van der Waals surface area contributed by atoms with Crippen LogP contribution in [0.2, 0.25) is 0 Å². The van der Waals surface area contributed by atoms with Gasteiger partial charge in [-0.15, -0.1) is 0 Å². The Bertz CT molecular complexity index is 395. The summed E-state index contributed by atoms with van der Waals surface area (Å²) in [5.74, 6) is -16.8. The summed E-state index contributed by atoms with van der Waals surface area (Å²) in [6.07, 6.45) is -6.27. The maximum absolute atomic E-state index is 12.9. The van der Waals surface area contributed by atoms with Gasteiger partial charge in [-0.1, -0.05) is 6.92 Å². The fourth-order valence-electron chi connectivity index (χ4n) is 0.994. The number of alkyl halides is 7. The number of ether oxygens (including phenoxy) is 1. The van der Waals surface area contributed by atoms with Gasteiger partial charge < -0.3 is 10.1 Å². The van der Waals surface area contributed by atoms with Crippen LogP contribution < -0.4 is 5.32 Å². The van der Waals surface area contributed by atoms with Gasteiger partial charge in [0.25, 0.3) is 5.91 Å². The molecule has 0 rings (SSSR count). The van der Waals surface area contributed by atoms with Crippen molar-refractivity contribution in [2.75, 3.05) is 6.61 Å². The highest BCUT2D eigenvalue weighted by atomic mass is 19.4. The first kappa shape index (κ1) is 19.4. The van der Waals surface area contributed by atoms with Gasteiger partial charge in [-0.05, 0) is 13.3 Å². The van der Waals surface area contributed by atoms with Crippen molar-refractivity contribution in [2.45, 2.75) is 44.3 Å². The summed E-state index contributed by atoms with van der Waals surface area (Å²) < 4.78 is 90.9. The summed E-state index contributed by atoms with van der Waals surface area (Å²) in [6.45, 7) is 2.26. The van der Waals surface area contributed by atoms with Crippen molar-refractivity contribution in [1.29, 1.82) is 0 Å². The van der Waals surface area contributed by atoms with E-state index in [0.29, 0.717) is 6.42 Å². The summed E-state index contributed by atoms with van der Waals surface area (Å²) in [5, 5.41) is 1.06. The van der Waals surface area contributed by atoms with Crippen molar-refractivity contribution in [3.8, 4) is 0 Å². The van der Waals surface area contributed by atoms with E-state index < -0.39 is 35.9 Å². The van der Waals surface area contributed by atoms with E-state index in [1.165, 1.54) is 0 Å². The number of halogens is 7. The maximum atomic E-state index is 12.9. The zero-order chi connectivity index (χ0) is 17.1. The monoisotopic (exact) mass is 327 g/mol. The molecule has 21 heavy (non-hydrogen) atoms. The fourth-order valence-corrected chi connectivity index (χ4v) is 0.994. The molecular weight excluding hydrogens is 315 g/mol. The number of hydrogen-bond acceptors (Lipinski definition) is 3. The quantitative estimate of drug-likeness (QED) is 0.601. The normalized spacial score (nSPS) is 14.5. The number of rotatable bonds is 6. The molecule has 0 aromatic rings. The van der Waals surface area contributed by atoms with Crippen LogP contribution in [0.25, 0.3) is 0 Å². The summed E-state index contributed by atoms with van der Waals surface area (Å²) in [4.78, 5) is 22.0. The third kappa shape index (κ3) is 4.21. The van der Waals surface area contributed by atoms with Crippen LogP contribution in [0.3, 0.4) is 0 Å². The van der Waals surface area contributed by atoms with E-state index in [-0.39, 0.29) is 6.61 Å².